The molecule has 1 unspecified atom stereocenters. The summed E-state index contributed by atoms with van der Waals surface area (Å²) in [6.07, 6.45) is 0.986. The predicted molar refractivity (Wildman–Crippen MR) is 105 cm³/mol. The van der Waals surface area contributed by atoms with E-state index in [1.54, 1.807) is 12.1 Å². The van der Waals surface area contributed by atoms with Gasteiger partial charge in [-0.3, -0.25) is 4.79 Å². The van der Waals surface area contributed by atoms with Crippen molar-refractivity contribution in [2.24, 2.45) is 0 Å². The maximum Gasteiger partial charge on any atom is 0.311 e. The molecule has 3 aromatic carbocycles. The molecule has 0 heterocycles. The van der Waals surface area contributed by atoms with Gasteiger partial charge >= 0.3 is 5.97 Å². The van der Waals surface area contributed by atoms with Crippen molar-refractivity contribution in [2.75, 3.05) is 0 Å². The first-order valence-electron chi connectivity index (χ1n) is 8.34. The smallest absolute Gasteiger partial charge is 0.311 e. The van der Waals surface area contributed by atoms with E-state index in [4.69, 9.17) is 4.74 Å². The first-order valence-corrected chi connectivity index (χ1v) is 8.92. The van der Waals surface area contributed by atoms with Crippen LogP contribution in [0.25, 0.3) is 0 Å². The third-order valence-electron chi connectivity index (χ3n) is 4.28. The van der Waals surface area contributed by atoms with Crippen molar-refractivity contribution in [2.45, 2.75) is 18.0 Å². The number of ether oxygens (including phenoxy) is 1. The number of hydrogen-bond acceptors (Lipinski definition) is 2. The van der Waals surface area contributed by atoms with E-state index in [0.29, 0.717) is 18.6 Å². The normalized spacial score (nSPS) is 11.1. The van der Waals surface area contributed by atoms with Crippen LogP contribution in [0.3, 0.4) is 0 Å². The van der Waals surface area contributed by atoms with Crippen LogP contribution < -0.4 is 4.74 Å². The van der Waals surface area contributed by atoms with Crippen LogP contribution >= 0.6 is 9.24 Å². The van der Waals surface area contributed by atoms with Gasteiger partial charge in [0.25, 0.3) is 0 Å². The molecule has 0 saturated heterocycles. The molecule has 3 rings (SSSR count). The minimum atomic E-state index is -0.321. The molecule has 0 aromatic heterocycles. The van der Waals surface area contributed by atoms with E-state index in [0.717, 1.165) is 0 Å². The lowest BCUT2D eigenvalue weighted by molar-refractivity contribution is -0.134. The van der Waals surface area contributed by atoms with Crippen LogP contribution in [-0.4, -0.2) is 5.97 Å². The van der Waals surface area contributed by atoms with Crippen LogP contribution in [0.1, 0.15) is 24.0 Å². The maximum absolute atomic E-state index is 12.3. The molecule has 0 aliphatic heterocycles. The summed E-state index contributed by atoms with van der Waals surface area (Å²) in [6.45, 7) is 0. The average Bonchev–Trinajstić information content (AvgIpc) is 2.68. The predicted octanol–water partition coefficient (Wildman–Crippen LogP) is 5.19. The van der Waals surface area contributed by atoms with Crippen LogP contribution in [0, 0.1) is 0 Å². The van der Waals surface area contributed by atoms with E-state index in [1.165, 1.54) is 11.1 Å². The molecular formula is C22H21O2P. The molecule has 0 fully saturated rings. The van der Waals surface area contributed by atoms with Gasteiger partial charge in [-0.1, -0.05) is 78.9 Å². The van der Waals surface area contributed by atoms with Crippen LogP contribution in [0.2, 0.25) is 0 Å². The Bertz CT molecular complexity index is 762. The van der Waals surface area contributed by atoms with Crippen molar-refractivity contribution in [3.63, 3.8) is 0 Å². The van der Waals surface area contributed by atoms with Gasteiger partial charge in [-0.05, 0) is 29.7 Å². The summed E-state index contributed by atoms with van der Waals surface area (Å²) >= 11 is 0. The summed E-state index contributed by atoms with van der Waals surface area (Å²) in [5.41, 5.74) is 2.33. The molecule has 2 nitrogen and oxygen atoms in total. The van der Waals surface area contributed by atoms with Gasteiger partial charge < -0.3 is 4.74 Å². The SMILES string of the molecule is O=C(CCC(P)(c1ccccc1)c1ccccc1)Oc1ccccc1. The van der Waals surface area contributed by atoms with Crippen LogP contribution in [0.15, 0.2) is 91.0 Å². The minimum absolute atomic E-state index is 0.218. The van der Waals surface area contributed by atoms with Gasteiger partial charge in [0.2, 0.25) is 0 Å². The zero-order chi connectivity index (χ0) is 17.5. The number of hydrogen-bond donors (Lipinski definition) is 0. The van der Waals surface area contributed by atoms with Gasteiger partial charge in [0, 0.05) is 11.6 Å². The zero-order valence-electron chi connectivity index (χ0n) is 14.0. The Kier molecular flexibility index (Phi) is 5.63. The highest BCUT2D eigenvalue weighted by Gasteiger charge is 2.29. The average molecular weight is 348 g/mol. The van der Waals surface area contributed by atoms with Crippen LogP contribution in [0.4, 0.5) is 0 Å². The number of esters is 1. The molecule has 0 N–H and O–H groups in total. The summed E-state index contributed by atoms with van der Waals surface area (Å²) < 4.78 is 5.43. The van der Waals surface area contributed by atoms with Crippen molar-refractivity contribution in [1.29, 1.82) is 0 Å². The third kappa shape index (κ3) is 4.35. The van der Waals surface area contributed by atoms with E-state index < -0.39 is 0 Å². The molecule has 0 radical (unpaired) electrons. The van der Waals surface area contributed by atoms with Crippen molar-refractivity contribution in [1.82, 2.24) is 0 Å². The fraction of sp³-hybridized carbons (Fsp3) is 0.136. The van der Waals surface area contributed by atoms with Crippen LogP contribution in [-0.2, 0) is 9.95 Å². The monoisotopic (exact) mass is 348 g/mol. The number of carbonyl (C=O) groups is 1. The van der Waals surface area contributed by atoms with Crippen molar-refractivity contribution in [3.05, 3.63) is 102 Å². The van der Waals surface area contributed by atoms with Gasteiger partial charge in [-0.25, -0.2) is 0 Å². The lowest BCUT2D eigenvalue weighted by Gasteiger charge is -2.30. The van der Waals surface area contributed by atoms with Gasteiger partial charge in [-0.15, -0.1) is 9.24 Å². The lowest BCUT2D eigenvalue weighted by atomic mass is 9.86. The molecule has 0 aliphatic rings. The zero-order valence-corrected chi connectivity index (χ0v) is 15.1. The van der Waals surface area contributed by atoms with Crippen molar-refractivity contribution < 1.29 is 9.53 Å². The van der Waals surface area contributed by atoms with Gasteiger partial charge in [0.15, 0.2) is 0 Å². The first kappa shape index (κ1) is 17.4. The second-order valence-corrected chi connectivity index (χ2v) is 6.98. The third-order valence-corrected chi connectivity index (χ3v) is 5.23. The fourth-order valence-electron chi connectivity index (χ4n) is 2.90. The second-order valence-electron chi connectivity index (χ2n) is 5.99. The highest BCUT2D eigenvalue weighted by molar-refractivity contribution is 7.19. The number of carbonyl (C=O) groups excluding carboxylic acids is 1. The highest BCUT2D eigenvalue weighted by Crippen LogP contribution is 2.42. The Morgan fingerprint density at radius 2 is 1.20 bits per heavy atom. The molecule has 0 aliphatic carbocycles. The minimum Gasteiger partial charge on any atom is -0.427 e. The fourth-order valence-corrected chi connectivity index (χ4v) is 3.43. The molecule has 3 heteroatoms. The molecule has 126 valence electrons. The number of para-hydroxylation sites is 1. The Morgan fingerprint density at radius 1 is 0.760 bits per heavy atom. The van der Waals surface area contributed by atoms with E-state index in [9.17, 15) is 4.79 Å². The highest BCUT2D eigenvalue weighted by atomic mass is 31.0. The molecule has 1 atom stereocenters. The quantitative estimate of drug-likeness (QED) is 0.348. The topological polar surface area (TPSA) is 26.3 Å². The van der Waals surface area contributed by atoms with E-state index >= 15 is 0 Å². The summed E-state index contributed by atoms with van der Waals surface area (Å²) in [4.78, 5) is 12.3. The summed E-state index contributed by atoms with van der Waals surface area (Å²) in [6, 6.07) is 29.7. The van der Waals surface area contributed by atoms with Crippen LogP contribution in [0.5, 0.6) is 5.75 Å². The number of benzene rings is 3. The van der Waals surface area contributed by atoms with Crippen molar-refractivity contribution >= 4 is 15.2 Å². The molecule has 0 spiro atoms. The Balaban J connectivity index is 1.78. The summed E-state index contributed by atoms with van der Waals surface area (Å²) in [5.74, 6) is 0.367. The summed E-state index contributed by atoms with van der Waals surface area (Å²) in [5, 5.41) is -0.321. The van der Waals surface area contributed by atoms with Gasteiger partial charge in [0.05, 0.1) is 0 Å². The largest absolute Gasteiger partial charge is 0.427 e. The summed E-state index contributed by atoms with van der Waals surface area (Å²) in [7, 11) is 2.95. The van der Waals surface area contributed by atoms with Crippen molar-refractivity contribution in [3.8, 4) is 5.75 Å². The lowest BCUT2D eigenvalue weighted by Crippen LogP contribution is -2.22. The standard InChI is InChI=1S/C22H21O2P/c23-21(24-20-14-8-3-9-15-20)16-17-22(25,18-10-4-1-5-11-18)19-12-6-2-7-13-19/h1-15H,16-17,25H2. The van der Waals surface area contributed by atoms with Gasteiger partial charge in [0.1, 0.15) is 5.75 Å². The van der Waals surface area contributed by atoms with E-state index in [-0.39, 0.29) is 11.1 Å². The van der Waals surface area contributed by atoms with E-state index in [2.05, 4.69) is 33.5 Å². The molecule has 0 saturated carbocycles. The molecule has 0 bridgehead atoms. The first-order chi connectivity index (χ1) is 12.2. The second kappa shape index (κ2) is 8.09. The molecule has 25 heavy (non-hydrogen) atoms. The van der Waals surface area contributed by atoms with Gasteiger partial charge in [-0.2, -0.15) is 0 Å². The Labute approximate surface area is 151 Å². The molecule has 3 aromatic rings. The molecular weight excluding hydrogens is 327 g/mol. The Hall–Kier alpha value is -2.44. The Morgan fingerprint density at radius 3 is 1.68 bits per heavy atom. The molecule has 0 amide bonds. The number of rotatable bonds is 6. The maximum atomic E-state index is 12.3. The van der Waals surface area contributed by atoms with E-state index in [1.807, 2.05) is 54.6 Å².